The normalized spacial score (nSPS) is 19.8. The van der Waals surface area contributed by atoms with E-state index in [-0.39, 0.29) is 11.2 Å². The smallest absolute Gasteiger partial charge is 0.241 e. The number of rotatable bonds is 6. The molecule has 1 aromatic rings. The van der Waals surface area contributed by atoms with E-state index in [1.807, 2.05) is 0 Å². The molecule has 0 amide bonds. The Kier molecular flexibility index (Phi) is 5.30. The molecule has 0 aliphatic carbocycles. The van der Waals surface area contributed by atoms with Crippen LogP contribution in [0.5, 0.6) is 0 Å². The van der Waals surface area contributed by atoms with Crippen molar-refractivity contribution in [2.24, 2.45) is 5.14 Å². The van der Waals surface area contributed by atoms with Gasteiger partial charge < -0.3 is 14.8 Å². The highest BCUT2D eigenvalue weighted by Gasteiger charge is 2.15. The predicted molar refractivity (Wildman–Crippen MR) is 73.6 cm³/mol. The minimum absolute atomic E-state index is 0.0195. The molecule has 1 atom stereocenters. The number of primary sulfonamides is 1. The highest BCUT2D eigenvalue weighted by atomic mass is 32.2. The van der Waals surface area contributed by atoms with E-state index in [9.17, 15) is 8.42 Å². The van der Waals surface area contributed by atoms with Gasteiger partial charge >= 0.3 is 0 Å². The second-order valence-electron chi connectivity index (χ2n) is 4.51. The summed E-state index contributed by atoms with van der Waals surface area (Å²) < 4.78 is 33.7. The Morgan fingerprint density at radius 2 is 2.35 bits per heavy atom. The Morgan fingerprint density at radius 1 is 1.50 bits per heavy atom. The number of anilines is 1. The number of sulfonamides is 1. The van der Waals surface area contributed by atoms with Gasteiger partial charge in [0.05, 0.1) is 12.3 Å². The van der Waals surface area contributed by atoms with Crippen molar-refractivity contribution in [3.8, 4) is 0 Å². The van der Waals surface area contributed by atoms with Crippen LogP contribution in [0.25, 0.3) is 0 Å². The molecule has 1 unspecified atom stereocenters. The molecule has 3 N–H and O–H groups in total. The van der Waals surface area contributed by atoms with E-state index in [1.165, 1.54) is 12.4 Å². The third-order valence-electron chi connectivity index (χ3n) is 2.95. The third-order valence-corrected chi connectivity index (χ3v) is 3.89. The maximum atomic E-state index is 11.4. The summed E-state index contributed by atoms with van der Waals surface area (Å²) in [6, 6.07) is 1.57. The van der Waals surface area contributed by atoms with E-state index in [1.54, 1.807) is 6.07 Å². The van der Waals surface area contributed by atoms with Crippen molar-refractivity contribution in [2.75, 3.05) is 25.1 Å². The fourth-order valence-electron chi connectivity index (χ4n) is 1.97. The second kappa shape index (κ2) is 6.98. The number of pyridine rings is 1. The molecule has 20 heavy (non-hydrogen) atoms. The topological polar surface area (TPSA) is 104 Å². The summed E-state index contributed by atoms with van der Waals surface area (Å²) >= 11 is 0. The van der Waals surface area contributed by atoms with Gasteiger partial charge in [-0.3, -0.25) is 4.98 Å². The van der Waals surface area contributed by atoms with E-state index < -0.39 is 10.0 Å². The van der Waals surface area contributed by atoms with Gasteiger partial charge in [0.15, 0.2) is 6.29 Å². The van der Waals surface area contributed by atoms with Gasteiger partial charge in [-0.05, 0) is 25.3 Å². The summed E-state index contributed by atoms with van der Waals surface area (Å²) in [6.07, 6.45) is 5.66. The van der Waals surface area contributed by atoms with Gasteiger partial charge in [0, 0.05) is 25.5 Å². The SMILES string of the molecule is NS(=O)(=O)c1cnccc1NCCOC1CCCCO1. The number of hydrogen-bond acceptors (Lipinski definition) is 6. The summed E-state index contributed by atoms with van der Waals surface area (Å²) in [5.74, 6) is 0. The Hall–Kier alpha value is -1.22. The number of aromatic nitrogens is 1. The van der Waals surface area contributed by atoms with Gasteiger partial charge in [-0.15, -0.1) is 0 Å². The maximum absolute atomic E-state index is 11.4. The zero-order chi connectivity index (χ0) is 14.4. The fraction of sp³-hybridized carbons (Fsp3) is 0.583. The first kappa shape index (κ1) is 15.2. The minimum Gasteiger partial charge on any atom is -0.382 e. The largest absolute Gasteiger partial charge is 0.382 e. The van der Waals surface area contributed by atoms with Gasteiger partial charge in [0.2, 0.25) is 10.0 Å². The lowest BCUT2D eigenvalue weighted by atomic mass is 10.2. The van der Waals surface area contributed by atoms with Crippen molar-refractivity contribution in [3.63, 3.8) is 0 Å². The van der Waals surface area contributed by atoms with Crippen molar-refractivity contribution in [1.29, 1.82) is 0 Å². The van der Waals surface area contributed by atoms with Crippen molar-refractivity contribution >= 4 is 15.7 Å². The Balaban J connectivity index is 1.82. The van der Waals surface area contributed by atoms with E-state index in [0.29, 0.717) is 18.8 Å². The minimum atomic E-state index is -3.78. The van der Waals surface area contributed by atoms with Crippen LogP contribution in [0.3, 0.4) is 0 Å². The van der Waals surface area contributed by atoms with Gasteiger partial charge in [0.1, 0.15) is 4.90 Å². The van der Waals surface area contributed by atoms with Crippen molar-refractivity contribution < 1.29 is 17.9 Å². The van der Waals surface area contributed by atoms with Crippen LogP contribution in [0.15, 0.2) is 23.4 Å². The number of ether oxygens (including phenoxy) is 2. The van der Waals surface area contributed by atoms with Crippen LogP contribution < -0.4 is 10.5 Å². The quantitative estimate of drug-likeness (QED) is 0.749. The molecule has 0 radical (unpaired) electrons. The van der Waals surface area contributed by atoms with Gasteiger partial charge in [-0.2, -0.15) is 0 Å². The summed E-state index contributed by atoms with van der Waals surface area (Å²) in [5, 5.41) is 8.10. The summed E-state index contributed by atoms with van der Waals surface area (Å²) in [5.41, 5.74) is 0.427. The van der Waals surface area contributed by atoms with Crippen LogP contribution in [-0.2, 0) is 19.5 Å². The molecular formula is C12H19N3O4S. The third kappa shape index (κ3) is 4.41. The van der Waals surface area contributed by atoms with E-state index in [0.717, 1.165) is 25.9 Å². The molecule has 1 aliphatic rings. The van der Waals surface area contributed by atoms with Crippen LogP contribution in [0, 0.1) is 0 Å². The van der Waals surface area contributed by atoms with Gasteiger partial charge in [-0.25, -0.2) is 13.6 Å². The predicted octanol–water partition coefficient (Wildman–Crippen LogP) is 0.684. The molecule has 0 bridgehead atoms. The van der Waals surface area contributed by atoms with Crippen LogP contribution >= 0.6 is 0 Å². The molecule has 112 valence electrons. The molecule has 8 heteroatoms. The summed E-state index contributed by atoms with van der Waals surface area (Å²) in [4.78, 5) is 3.74. The highest BCUT2D eigenvalue weighted by Crippen LogP contribution is 2.18. The molecule has 1 fully saturated rings. The number of nitrogens with two attached hydrogens (primary N) is 1. The first-order chi connectivity index (χ1) is 9.57. The van der Waals surface area contributed by atoms with Crippen molar-refractivity contribution in [1.82, 2.24) is 4.98 Å². The van der Waals surface area contributed by atoms with Crippen molar-refractivity contribution in [2.45, 2.75) is 30.4 Å². The van der Waals surface area contributed by atoms with Crippen molar-refractivity contribution in [3.05, 3.63) is 18.5 Å². The Morgan fingerprint density at radius 3 is 3.05 bits per heavy atom. The first-order valence-electron chi connectivity index (χ1n) is 6.51. The molecule has 0 aromatic carbocycles. The molecule has 2 rings (SSSR count). The zero-order valence-electron chi connectivity index (χ0n) is 11.1. The fourth-order valence-corrected chi connectivity index (χ4v) is 2.63. The average molecular weight is 301 g/mol. The standard InChI is InChI=1S/C12H19N3O4S/c13-20(16,17)11-9-14-5-4-10(11)15-6-8-19-12-3-1-2-7-18-12/h4-5,9,12H,1-3,6-8H2,(H,14,15)(H2,13,16,17). The molecule has 0 spiro atoms. The lowest BCUT2D eigenvalue weighted by molar-refractivity contribution is -0.159. The van der Waals surface area contributed by atoms with Gasteiger partial charge in [-0.1, -0.05) is 0 Å². The molecular weight excluding hydrogens is 282 g/mol. The second-order valence-corrected chi connectivity index (χ2v) is 6.04. The molecule has 7 nitrogen and oxygen atoms in total. The van der Waals surface area contributed by atoms with Crippen LogP contribution in [-0.4, -0.2) is 39.5 Å². The van der Waals surface area contributed by atoms with Crippen LogP contribution in [0.2, 0.25) is 0 Å². The zero-order valence-corrected chi connectivity index (χ0v) is 11.9. The van der Waals surface area contributed by atoms with Crippen LogP contribution in [0.1, 0.15) is 19.3 Å². The summed E-state index contributed by atoms with van der Waals surface area (Å²) in [6.45, 7) is 1.63. The monoisotopic (exact) mass is 301 g/mol. The molecule has 2 heterocycles. The van der Waals surface area contributed by atoms with E-state index in [2.05, 4.69) is 10.3 Å². The van der Waals surface area contributed by atoms with Gasteiger partial charge in [0.25, 0.3) is 0 Å². The summed E-state index contributed by atoms with van der Waals surface area (Å²) in [7, 11) is -3.78. The highest BCUT2D eigenvalue weighted by molar-refractivity contribution is 7.89. The number of nitrogens with one attached hydrogen (secondary N) is 1. The van der Waals surface area contributed by atoms with E-state index in [4.69, 9.17) is 14.6 Å². The van der Waals surface area contributed by atoms with E-state index >= 15 is 0 Å². The number of nitrogens with zero attached hydrogens (tertiary/aromatic N) is 1. The number of hydrogen-bond donors (Lipinski definition) is 2. The molecule has 1 aromatic heterocycles. The average Bonchev–Trinajstić information content (AvgIpc) is 2.44. The van der Waals surface area contributed by atoms with Crippen LogP contribution in [0.4, 0.5) is 5.69 Å². The maximum Gasteiger partial charge on any atom is 0.241 e. The Bertz CT molecular complexity index is 529. The lowest BCUT2D eigenvalue weighted by Crippen LogP contribution is -2.25. The Labute approximate surface area is 118 Å². The molecule has 1 saturated heterocycles. The molecule has 1 aliphatic heterocycles. The lowest BCUT2D eigenvalue weighted by Gasteiger charge is -2.22. The first-order valence-corrected chi connectivity index (χ1v) is 8.06. The molecule has 0 saturated carbocycles.